The molecular formula is C17H23N3O3. The summed E-state index contributed by atoms with van der Waals surface area (Å²) in [7, 11) is 0. The lowest BCUT2D eigenvalue weighted by Crippen LogP contribution is -2.49. The number of piperidine rings is 1. The van der Waals surface area contributed by atoms with Gasteiger partial charge in [0, 0.05) is 25.2 Å². The van der Waals surface area contributed by atoms with Crippen molar-refractivity contribution in [2.45, 2.75) is 44.3 Å². The summed E-state index contributed by atoms with van der Waals surface area (Å²) < 4.78 is 10.6. The van der Waals surface area contributed by atoms with Gasteiger partial charge in [0.05, 0.1) is 0 Å². The maximum atomic E-state index is 12.2. The minimum atomic E-state index is -0.0832. The predicted molar refractivity (Wildman–Crippen MR) is 85.6 cm³/mol. The average molecular weight is 317 g/mol. The first-order valence-electron chi connectivity index (χ1n) is 8.46. The van der Waals surface area contributed by atoms with Crippen LogP contribution in [-0.2, 0) is 6.54 Å². The predicted octanol–water partition coefficient (Wildman–Crippen LogP) is 1.84. The molecule has 23 heavy (non-hydrogen) atoms. The van der Waals surface area contributed by atoms with E-state index in [9.17, 15) is 4.79 Å². The molecule has 2 N–H and O–H groups in total. The van der Waals surface area contributed by atoms with Crippen molar-refractivity contribution in [3.8, 4) is 11.5 Å². The Labute approximate surface area is 136 Å². The molecule has 2 saturated heterocycles. The lowest BCUT2D eigenvalue weighted by Gasteiger charge is -2.32. The first-order chi connectivity index (χ1) is 11.3. The lowest BCUT2D eigenvalue weighted by atomic mass is 9.99. The highest BCUT2D eigenvalue weighted by Crippen LogP contribution is 2.32. The first kappa shape index (κ1) is 14.6. The molecule has 3 aliphatic rings. The Bertz CT molecular complexity index is 592. The number of carbonyl (C=O) groups excluding carboxylic acids is 1. The molecule has 124 valence electrons. The molecule has 1 aromatic rings. The van der Waals surface area contributed by atoms with E-state index in [0.29, 0.717) is 12.6 Å². The minimum absolute atomic E-state index is 0.0832. The van der Waals surface area contributed by atoms with Crippen LogP contribution < -0.4 is 20.1 Å². The van der Waals surface area contributed by atoms with E-state index in [2.05, 4.69) is 15.5 Å². The van der Waals surface area contributed by atoms with Crippen LogP contribution in [0.4, 0.5) is 4.79 Å². The third kappa shape index (κ3) is 3.08. The lowest BCUT2D eigenvalue weighted by molar-refractivity contribution is 0.174. The Hall–Kier alpha value is -1.95. The fourth-order valence-electron chi connectivity index (χ4n) is 3.87. The van der Waals surface area contributed by atoms with Gasteiger partial charge in [-0.25, -0.2) is 4.79 Å². The Balaban J connectivity index is 1.29. The molecule has 0 aromatic heterocycles. The summed E-state index contributed by atoms with van der Waals surface area (Å²) >= 11 is 0. The molecule has 0 unspecified atom stereocenters. The van der Waals surface area contributed by atoms with Crippen molar-refractivity contribution in [2.24, 2.45) is 0 Å². The van der Waals surface area contributed by atoms with Crippen LogP contribution in [0.25, 0.3) is 0 Å². The fraction of sp³-hybridized carbons (Fsp3) is 0.588. The second-order valence-electron chi connectivity index (χ2n) is 6.51. The zero-order valence-electron chi connectivity index (χ0n) is 13.2. The third-order valence-corrected chi connectivity index (χ3v) is 5.06. The molecule has 0 spiro atoms. The Morgan fingerprint density at radius 3 is 3.04 bits per heavy atom. The standard InChI is InChI=1S/C17H23N3O3/c21-17(19-13-6-8-20-7-2-1-3-14(13)20)18-10-12-4-5-15-16(9-12)23-11-22-15/h4-5,9,13-14H,1-3,6-8,10-11H2,(H2,18,19,21)/t13-,14-/m0/s1. The van der Waals surface area contributed by atoms with Crippen LogP contribution in [0.2, 0.25) is 0 Å². The number of urea groups is 1. The van der Waals surface area contributed by atoms with E-state index in [0.717, 1.165) is 30.0 Å². The highest BCUT2D eigenvalue weighted by atomic mass is 16.7. The molecule has 0 bridgehead atoms. The average Bonchev–Trinajstić information content (AvgIpc) is 3.20. The van der Waals surface area contributed by atoms with Gasteiger partial charge in [-0.2, -0.15) is 0 Å². The van der Waals surface area contributed by atoms with Gasteiger partial charge >= 0.3 is 6.03 Å². The number of fused-ring (bicyclic) bond motifs is 2. The number of nitrogens with one attached hydrogen (secondary N) is 2. The second-order valence-corrected chi connectivity index (χ2v) is 6.51. The van der Waals surface area contributed by atoms with Gasteiger partial charge in [0.2, 0.25) is 6.79 Å². The zero-order chi connectivity index (χ0) is 15.6. The summed E-state index contributed by atoms with van der Waals surface area (Å²) in [6.07, 6.45) is 4.83. The number of benzene rings is 1. The van der Waals surface area contributed by atoms with Crippen molar-refractivity contribution in [3.05, 3.63) is 23.8 Å². The number of hydrogen-bond acceptors (Lipinski definition) is 4. The van der Waals surface area contributed by atoms with Crippen LogP contribution in [0, 0.1) is 0 Å². The quantitative estimate of drug-likeness (QED) is 0.893. The number of amides is 2. The highest BCUT2D eigenvalue weighted by molar-refractivity contribution is 5.74. The maximum Gasteiger partial charge on any atom is 0.315 e. The molecule has 0 radical (unpaired) electrons. The van der Waals surface area contributed by atoms with Gasteiger partial charge in [-0.1, -0.05) is 12.5 Å². The highest BCUT2D eigenvalue weighted by Gasteiger charge is 2.36. The Morgan fingerprint density at radius 2 is 2.09 bits per heavy atom. The van der Waals surface area contributed by atoms with Gasteiger partial charge in [-0.3, -0.25) is 4.90 Å². The number of nitrogens with zero attached hydrogens (tertiary/aromatic N) is 1. The fourth-order valence-corrected chi connectivity index (χ4v) is 3.87. The van der Waals surface area contributed by atoms with Crippen molar-refractivity contribution < 1.29 is 14.3 Å². The van der Waals surface area contributed by atoms with Crippen LogP contribution >= 0.6 is 0 Å². The minimum Gasteiger partial charge on any atom is -0.454 e. The van der Waals surface area contributed by atoms with E-state index >= 15 is 0 Å². The molecule has 0 saturated carbocycles. The van der Waals surface area contributed by atoms with E-state index < -0.39 is 0 Å². The third-order valence-electron chi connectivity index (χ3n) is 5.06. The zero-order valence-corrected chi connectivity index (χ0v) is 13.2. The van der Waals surface area contributed by atoms with E-state index in [4.69, 9.17) is 9.47 Å². The summed E-state index contributed by atoms with van der Waals surface area (Å²) in [6.45, 7) is 3.05. The summed E-state index contributed by atoms with van der Waals surface area (Å²) in [5.74, 6) is 1.51. The molecule has 0 aliphatic carbocycles. The molecule has 3 heterocycles. The molecule has 2 fully saturated rings. The molecule has 1 aromatic carbocycles. The van der Waals surface area contributed by atoms with Gasteiger partial charge in [0.25, 0.3) is 0 Å². The van der Waals surface area contributed by atoms with Crippen molar-refractivity contribution in [2.75, 3.05) is 19.9 Å². The van der Waals surface area contributed by atoms with Crippen LogP contribution in [0.3, 0.4) is 0 Å². The SMILES string of the molecule is O=C(NCc1ccc2c(c1)OCO2)N[C@H]1CCN2CCCC[C@@H]12. The monoisotopic (exact) mass is 317 g/mol. The molecule has 3 aliphatic heterocycles. The topological polar surface area (TPSA) is 62.8 Å². The van der Waals surface area contributed by atoms with E-state index in [1.54, 1.807) is 0 Å². The van der Waals surface area contributed by atoms with Crippen LogP contribution in [0.1, 0.15) is 31.2 Å². The van der Waals surface area contributed by atoms with Gasteiger partial charge in [0.1, 0.15) is 0 Å². The van der Waals surface area contributed by atoms with Crippen LogP contribution in [0.15, 0.2) is 18.2 Å². The summed E-state index contributed by atoms with van der Waals surface area (Å²) in [5, 5.41) is 6.10. The van der Waals surface area contributed by atoms with Crippen molar-refractivity contribution >= 4 is 6.03 Å². The summed E-state index contributed by atoms with van der Waals surface area (Å²) in [6, 6.07) is 6.48. The van der Waals surface area contributed by atoms with Gasteiger partial charge in [0.15, 0.2) is 11.5 Å². The van der Waals surface area contributed by atoms with E-state index in [1.165, 1.54) is 25.8 Å². The van der Waals surface area contributed by atoms with Gasteiger partial charge in [-0.05, 0) is 43.5 Å². The number of rotatable bonds is 3. The van der Waals surface area contributed by atoms with Crippen LogP contribution in [-0.4, -0.2) is 42.9 Å². The van der Waals surface area contributed by atoms with E-state index in [-0.39, 0.29) is 18.9 Å². The number of ether oxygens (including phenoxy) is 2. The molecule has 4 rings (SSSR count). The number of carbonyl (C=O) groups is 1. The van der Waals surface area contributed by atoms with Crippen molar-refractivity contribution in [1.82, 2.24) is 15.5 Å². The Kier molecular flexibility index (Phi) is 3.99. The second kappa shape index (κ2) is 6.28. The van der Waals surface area contributed by atoms with E-state index in [1.807, 2.05) is 18.2 Å². The van der Waals surface area contributed by atoms with Crippen molar-refractivity contribution in [1.29, 1.82) is 0 Å². The first-order valence-corrected chi connectivity index (χ1v) is 8.46. The Morgan fingerprint density at radius 1 is 1.17 bits per heavy atom. The van der Waals surface area contributed by atoms with Crippen molar-refractivity contribution in [3.63, 3.8) is 0 Å². The molecule has 2 amide bonds. The smallest absolute Gasteiger partial charge is 0.315 e. The van der Waals surface area contributed by atoms with Crippen LogP contribution in [0.5, 0.6) is 11.5 Å². The van der Waals surface area contributed by atoms with Gasteiger partial charge < -0.3 is 20.1 Å². The largest absolute Gasteiger partial charge is 0.454 e. The summed E-state index contributed by atoms with van der Waals surface area (Å²) in [5.41, 5.74) is 1.01. The normalized spacial score (nSPS) is 25.9. The van der Waals surface area contributed by atoms with Gasteiger partial charge in [-0.15, -0.1) is 0 Å². The molecule has 2 atom stereocenters. The summed E-state index contributed by atoms with van der Waals surface area (Å²) in [4.78, 5) is 14.7. The molecule has 6 nitrogen and oxygen atoms in total. The maximum absolute atomic E-state index is 12.2. The molecule has 6 heteroatoms. The molecular weight excluding hydrogens is 294 g/mol. The number of hydrogen-bond donors (Lipinski definition) is 2.